The summed E-state index contributed by atoms with van der Waals surface area (Å²) in [5.74, 6) is 0.777. The quantitative estimate of drug-likeness (QED) is 0.468. The van der Waals surface area contributed by atoms with Gasteiger partial charge in [-0.3, -0.25) is 4.99 Å². The molecule has 0 amide bonds. The van der Waals surface area contributed by atoms with Crippen LogP contribution < -0.4 is 10.6 Å². The van der Waals surface area contributed by atoms with Gasteiger partial charge in [-0.05, 0) is 25.8 Å². The summed E-state index contributed by atoms with van der Waals surface area (Å²) in [6, 6.07) is 10.5. The molecule has 0 aliphatic rings. The molecule has 0 unspecified atom stereocenters. The molecule has 7 heteroatoms. The van der Waals surface area contributed by atoms with E-state index in [1.807, 2.05) is 13.8 Å². The molecule has 0 bridgehead atoms. The van der Waals surface area contributed by atoms with Crippen LogP contribution in [-0.4, -0.2) is 23.0 Å². The summed E-state index contributed by atoms with van der Waals surface area (Å²) >= 11 is 3.45. The molecule has 0 spiro atoms. The molecule has 2 N–H and O–H groups in total. The Kier molecular flexibility index (Phi) is 6.95. The molecule has 0 aliphatic heterocycles. The van der Waals surface area contributed by atoms with Crippen LogP contribution in [0.25, 0.3) is 0 Å². The van der Waals surface area contributed by atoms with Crippen LogP contribution >= 0.6 is 22.7 Å². The predicted molar refractivity (Wildman–Crippen MR) is 115 cm³/mol. The van der Waals surface area contributed by atoms with Crippen molar-refractivity contribution in [3.05, 3.63) is 67.6 Å². The minimum atomic E-state index is 0.669. The van der Waals surface area contributed by atoms with E-state index >= 15 is 0 Å². The first-order valence-corrected chi connectivity index (χ1v) is 10.7. The number of thiazole rings is 2. The van der Waals surface area contributed by atoms with E-state index in [2.05, 4.69) is 56.3 Å². The van der Waals surface area contributed by atoms with Crippen molar-refractivity contribution >= 4 is 28.6 Å². The molecular formula is C20H25N5S2. The normalized spacial score (nSPS) is 11.6. The van der Waals surface area contributed by atoms with Crippen molar-refractivity contribution < 1.29 is 0 Å². The Morgan fingerprint density at radius 3 is 2.52 bits per heavy atom. The van der Waals surface area contributed by atoms with Gasteiger partial charge < -0.3 is 10.6 Å². The molecule has 0 aliphatic carbocycles. The van der Waals surface area contributed by atoms with Crippen molar-refractivity contribution in [2.45, 2.75) is 39.8 Å². The molecule has 0 saturated carbocycles. The number of aromatic nitrogens is 2. The summed E-state index contributed by atoms with van der Waals surface area (Å²) in [4.78, 5) is 14.7. The SMILES string of the molecule is CN=C(NCc1csc(CCc2ccccc2)n1)NCc1sc(C)nc1C. The standard InChI is InChI=1S/C20H25N5S2/c1-14-18(27-15(2)24-14)12-23-20(21-3)22-11-17-13-26-19(25-17)10-9-16-7-5-4-6-8-16/h4-8,13H,9-12H2,1-3H3,(H2,21,22,23). The van der Waals surface area contributed by atoms with Crippen LogP contribution in [0, 0.1) is 13.8 Å². The molecule has 2 heterocycles. The van der Waals surface area contributed by atoms with Crippen LogP contribution in [0.1, 0.15) is 31.8 Å². The van der Waals surface area contributed by atoms with Crippen molar-refractivity contribution in [1.29, 1.82) is 0 Å². The number of hydrogen-bond acceptors (Lipinski definition) is 5. The number of hydrogen-bond donors (Lipinski definition) is 2. The number of rotatable bonds is 7. The van der Waals surface area contributed by atoms with Crippen LogP contribution in [0.2, 0.25) is 0 Å². The highest BCUT2D eigenvalue weighted by atomic mass is 32.1. The van der Waals surface area contributed by atoms with Gasteiger partial charge in [0.25, 0.3) is 0 Å². The summed E-state index contributed by atoms with van der Waals surface area (Å²) in [6.07, 6.45) is 2.00. The molecular weight excluding hydrogens is 374 g/mol. The lowest BCUT2D eigenvalue weighted by molar-refractivity contribution is 0.794. The molecule has 0 fully saturated rings. The van der Waals surface area contributed by atoms with Gasteiger partial charge in [-0.25, -0.2) is 9.97 Å². The molecule has 1 aromatic carbocycles. The molecule has 2 aromatic heterocycles. The molecule has 0 radical (unpaired) electrons. The smallest absolute Gasteiger partial charge is 0.191 e. The summed E-state index contributed by atoms with van der Waals surface area (Å²) in [7, 11) is 1.78. The number of benzene rings is 1. The Hall–Kier alpha value is -2.25. The zero-order chi connectivity index (χ0) is 19.1. The second-order valence-electron chi connectivity index (χ2n) is 6.24. The number of aliphatic imine (C=N–C) groups is 1. The first kappa shape index (κ1) is 19.5. The van der Waals surface area contributed by atoms with Crippen LogP contribution in [-0.2, 0) is 25.9 Å². The van der Waals surface area contributed by atoms with Crippen molar-refractivity contribution in [2.75, 3.05) is 7.05 Å². The fourth-order valence-corrected chi connectivity index (χ4v) is 4.41. The molecule has 27 heavy (non-hydrogen) atoms. The Labute approximate surface area is 168 Å². The van der Waals surface area contributed by atoms with Crippen molar-refractivity contribution in [2.24, 2.45) is 4.99 Å². The fraction of sp³-hybridized carbons (Fsp3) is 0.350. The van der Waals surface area contributed by atoms with Crippen LogP contribution in [0.15, 0.2) is 40.7 Å². The third-order valence-electron chi connectivity index (χ3n) is 4.15. The van der Waals surface area contributed by atoms with Crippen LogP contribution in [0.3, 0.4) is 0 Å². The van der Waals surface area contributed by atoms with E-state index < -0.39 is 0 Å². The highest BCUT2D eigenvalue weighted by molar-refractivity contribution is 7.11. The van der Waals surface area contributed by atoms with Gasteiger partial charge in [0.1, 0.15) is 0 Å². The van der Waals surface area contributed by atoms with Crippen LogP contribution in [0.5, 0.6) is 0 Å². The second-order valence-corrected chi connectivity index (χ2v) is 8.47. The first-order valence-electron chi connectivity index (χ1n) is 8.98. The number of nitrogens with one attached hydrogen (secondary N) is 2. The number of nitrogens with zero attached hydrogens (tertiary/aromatic N) is 3. The van der Waals surface area contributed by atoms with E-state index in [9.17, 15) is 0 Å². The zero-order valence-corrected chi connectivity index (χ0v) is 17.6. The highest BCUT2D eigenvalue weighted by Crippen LogP contribution is 2.16. The van der Waals surface area contributed by atoms with Gasteiger partial charge in [0.15, 0.2) is 5.96 Å². The maximum atomic E-state index is 4.73. The minimum Gasteiger partial charge on any atom is -0.351 e. The predicted octanol–water partition coefficient (Wildman–Crippen LogP) is 3.87. The lowest BCUT2D eigenvalue weighted by Gasteiger charge is -2.10. The van der Waals surface area contributed by atoms with E-state index in [1.165, 1.54) is 15.4 Å². The number of guanidine groups is 1. The minimum absolute atomic E-state index is 0.669. The first-order chi connectivity index (χ1) is 13.1. The van der Waals surface area contributed by atoms with Gasteiger partial charge in [0.05, 0.1) is 34.5 Å². The van der Waals surface area contributed by atoms with Crippen molar-refractivity contribution in [3.63, 3.8) is 0 Å². The third-order valence-corrected chi connectivity index (χ3v) is 6.18. The van der Waals surface area contributed by atoms with Gasteiger partial charge in [0.2, 0.25) is 0 Å². The van der Waals surface area contributed by atoms with Crippen molar-refractivity contribution in [3.8, 4) is 0 Å². The average Bonchev–Trinajstić information content (AvgIpc) is 3.26. The largest absolute Gasteiger partial charge is 0.351 e. The van der Waals surface area contributed by atoms with E-state index in [1.54, 1.807) is 29.7 Å². The lowest BCUT2D eigenvalue weighted by Crippen LogP contribution is -2.36. The highest BCUT2D eigenvalue weighted by Gasteiger charge is 2.07. The summed E-state index contributed by atoms with van der Waals surface area (Å²) < 4.78 is 0. The Morgan fingerprint density at radius 1 is 1.04 bits per heavy atom. The summed E-state index contributed by atoms with van der Waals surface area (Å²) in [6.45, 7) is 5.48. The van der Waals surface area contributed by atoms with E-state index in [4.69, 9.17) is 4.98 Å². The molecule has 5 nitrogen and oxygen atoms in total. The average molecular weight is 400 g/mol. The van der Waals surface area contributed by atoms with Gasteiger partial charge in [-0.15, -0.1) is 22.7 Å². The summed E-state index contributed by atoms with van der Waals surface area (Å²) in [5.41, 5.74) is 3.49. The Morgan fingerprint density at radius 2 is 1.81 bits per heavy atom. The monoisotopic (exact) mass is 399 g/mol. The Balaban J connectivity index is 1.46. The maximum Gasteiger partial charge on any atom is 0.191 e. The fourth-order valence-electron chi connectivity index (χ4n) is 2.74. The molecule has 3 aromatic rings. The van der Waals surface area contributed by atoms with Crippen molar-refractivity contribution in [1.82, 2.24) is 20.6 Å². The number of aryl methyl sites for hydroxylation is 4. The van der Waals surface area contributed by atoms with Gasteiger partial charge >= 0.3 is 0 Å². The van der Waals surface area contributed by atoms with E-state index in [0.717, 1.165) is 41.7 Å². The third kappa shape index (κ3) is 5.87. The lowest BCUT2D eigenvalue weighted by atomic mass is 10.1. The summed E-state index contributed by atoms with van der Waals surface area (Å²) in [5, 5.41) is 11.1. The second kappa shape index (κ2) is 9.62. The van der Waals surface area contributed by atoms with Gasteiger partial charge in [0, 0.05) is 23.7 Å². The topological polar surface area (TPSA) is 62.2 Å². The molecule has 0 saturated heterocycles. The molecule has 142 valence electrons. The maximum absolute atomic E-state index is 4.73. The van der Waals surface area contributed by atoms with E-state index in [-0.39, 0.29) is 0 Å². The Bertz CT molecular complexity index is 883. The van der Waals surface area contributed by atoms with Gasteiger partial charge in [-0.1, -0.05) is 30.3 Å². The van der Waals surface area contributed by atoms with Gasteiger partial charge in [-0.2, -0.15) is 0 Å². The van der Waals surface area contributed by atoms with Crippen LogP contribution in [0.4, 0.5) is 0 Å². The molecule has 0 atom stereocenters. The molecule has 3 rings (SSSR count). The van der Waals surface area contributed by atoms with E-state index in [0.29, 0.717) is 6.54 Å². The zero-order valence-electron chi connectivity index (χ0n) is 16.0.